The highest BCUT2D eigenvalue weighted by molar-refractivity contribution is 5.94. The average molecular weight is 285 g/mol. The van der Waals surface area contributed by atoms with Crippen LogP contribution in [0.3, 0.4) is 0 Å². The predicted octanol–water partition coefficient (Wildman–Crippen LogP) is 2.36. The molecule has 1 aromatic rings. The Balaban J connectivity index is 1.42. The van der Waals surface area contributed by atoms with E-state index in [0.29, 0.717) is 23.7 Å². The van der Waals surface area contributed by atoms with Crippen molar-refractivity contribution in [2.24, 2.45) is 0 Å². The molecule has 3 fully saturated rings. The van der Waals surface area contributed by atoms with Crippen LogP contribution in [-0.4, -0.2) is 40.0 Å². The lowest BCUT2D eigenvalue weighted by Crippen LogP contribution is -2.57. The summed E-state index contributed by atoms with van der Waals surface area (Å²) in [7, 11) is 0. The van der Waals surface area contributed by atoms with Gasteiger partial charge in [-0.1, -0.05) is 6.42 Å². The van der Waals surface area contributed by atoms with Gasteiger partial charge in [0.05, 0.1) is 5.56 Å². The molecule has 0 aromatic carbocycles. The highest BCUT2D eigenvalue weighted by Gasteiger charge is 2.45. The minimum absolute atomic E-state index is 0.0334. The van der Waals surface area contributed by atoms with Crippen LogP contribution in [0.2, 0.25) is 0 Å². The Hall–Kier alpha value is -1.42. The molecule has 1 amide bonds. The highest BCUT2D eigenvalue weighted by Crippen LogP contribution is 2.41. The zero-order chi connectivity index (χ0) is 14.2. The van der Waals surface area contributed by atoms with Gasteiger partial charge >= 0.3 is 0 Å². The summed E-state index contributed by atoms with van der Waals surface area (Å²) in [4.78, 5) is 19.1. The van der Waals surface area contributed by atoms with Gasteiger partial charge in [0, 0.05) is 36.6 Å². The summed E-state index contributed by atoms with van der Waals surface area (Å²) in [6.45, 7) is 0. The van der Waals surface area contributed by atoms with Crippen molar-refractivity contribution < 1.29 is 4.79 Å². The molecule has 1 saturated carbocycles. The fraction of sp³-hybridized carbons (Fsp3) is 0.647. The first-order valence-corrected chi connectivity index (χ1v) is 8.29. The number of carbonyl (C=O) groups is 1. The van der Waals surface area contributed by atoms with Crippen molar-refractivity contribution in [1.29, 1.82) is 0 Å². The average Bonchev–Trinajstić information content (AvgIpc) is 3.32. The molecule has 112 valence electrons. The SMILES string of the molecule is O=C(NC1CC2CCCC(C1)N2C1CC1)c1cccnc1. The van der Waals surface area contributed by atoms with Crippen LogP contribution in [0.5, 0.6) is 0 Å². The van der Waals surface area contributed by atoms with E-state index >= 15 is 0 Å². The zero-order valence-electron chi connectivity index (χ0n) is 12.4. The lowest BCUT2D eigenvalue weighted by atomic mass is 9.81. The molecular formula is C17H23N3O. The number of hydrogen-bond donors (Lipinski definition) is 1. The summed E-state index contributed by atoms with van der Waals surface area (Å²) in [5, 5.41) is 3.24. The van der Waals surface area contributed by atoms with Gasteiger partial charge in [0.1, 0.15) is 0 Å². The lowest BCUT2D eigenvalue weighted by molar-refractivity contribution is 0.0175. The van der Waals surface area contributed by atoms with Gasteiger partial charge in [-0.15, -0.1) is 0 Å². The molecule has 2 bridgehead atoms. The fourth-order valence-corrected chi connectivity index (χ4v) is 4.27. The number of rotatable bonds is 3. The first-order valence-electron chi connectivity index (χ1n) is 8.29. The van der Waals surface area contributed by atoms with Gasteiger partial charge in [0.25, 0.3) is 5.91 Å². The summed E-state index contributed by atoms with van der Waals surface area (Å²) in [5.41, 5.74) is 0.673. The Bertz CT molecular complexity index is 500. The van der Waals surface area contributed by atoms with Crippen LogP contribution in [0.1, 0.15) is 55.3 Å². The van der Waals surface area contributed by atoms with E-state index in [0.717, 1.165) is 18.9 Å². The Kier molecular flexibility index (Phi) is 3.42. The first kappa shape index (κ1) is 13.3. The topological polar surface area (TPSA) is 45.2 Å². The van der Waals surface area contributed by atoms with Crippen molar-refractivity contribution in [3.05, 3.63) is 30.1 Å². The number of aromatic nitrogens is 1. The number of pyridine rings is 1. The standard InChI is InChI=1S/C17H23N3O/c21-17(12-3-2-8-18-11-12)19-13-9-15-4-1-5-16(10-13)20(15)14-6-7-14/h2-3,8,11,13-16H,1,4-7,9-10H2,(H,19,21). The molecule has 2 unspecified atom stereocenters. The predicted molar refractivity (Wildman–Crippen MR) is 81.0 cm³/mol. The number of amides is 1. The number of fused-ring (bicyclic) bond motifs is 2. The summed E-state index contributed by atoms with van der Waals surface area (Å²) in [6, 6.07) is 6.24. The number of piperidine rings is 2. The van der Waals surface area contributed by atoms with E-state index in [1.54, 1.807) is 12.4 Å². The zero-order valence-corrected chi connectivity index (χ0v) is 12.4. The van der Waals surface area contributed by atoms with E-state index in [1.165, 1.54) is 32.1 Å². The van der Waals surface area contributed by atoms with Gasteiger partial charge in [0.2, 0.25) is 0 Å². The van der Waals surface area contributed by atoms with Gasteiger partial charge in [-0.2, -0.15) is 0 Å². The second-order valence-electron chi connectivity index (χ2n) is 6.80. The van der Waals surface area contributed by atoms with E-state index in [9.17, 15) is 4.79 Å². The van der Waals surface area contributed by atoms with Crippen LogP contribution in [0.15, 0.2) is 24.5 Å². The van der Waals surface area contributed by atoms with Gasteiger partial charge in [-0.05, 0) is 50.7 Å². The molecule has 4 rings (SSSR count). The van der Waals surface area contributed by atoms with E-state index in [2.05, 4.69) is 15.2 Å². The molecule has 1 aromatic heterocycles. The normalized spacial score (nSPS) is 32.7. The maximum absolute atomic E-state index is 12.3. The minimum atomic E-state index is 0.0334. The van der Waals surface area contributed by atoms with Gasteiger partial charge in [0.15, 0.2) is 0 Å². The Morgan fingerprint density at radius 3 is 2.52 bits per heavy atom. The van der Waals surface area contributed by atoms with E-state index in [4.69, 9.17) is 0 Å². The molecule has 4 heteroatoms. The number of nitrogens with zero attached hydrogens (tertiary/aromatic N) is 2. The van der Waals surface area contributed by atoms with Crippen molar-refractivity contribution in [1.82, 2.24) is 15.2 Å². The van der Waals surface area contributed by atoms with Gasteiger partial charge < -0.3 is 5.32 Å². The smallest absolute Gasteiger partial charge is 0.253 e. The second-order valence-corrected chi connectivity index (χ2v) is 6.80. The summed E-state index contributed by atoms with van der Waals surface area (Å²) in [6.07, 6.45) is 12.4. The van der Waals surface area contributed by atoms with Crippen LogP contribution in [-0.2, 0) is 0 Å². The molecule has 2 atom stereocenters. The number of hydrogen-bond acceptors (Lipinski definition) is 3. The van der Waals surface area contributed by atoms with Crippen molar-refractivity contribution in [2.45, 2.75) is 69.1 Å². The maximum atomic E-state index is 12.3. The first-order chi connectivity index (χ1) is 10.3. The molecule has 1 N–H and O–H groups in total. The lowest BCUT2D eigenvalue weighted by Gasteiger charge is -2.49. The van der Waals surface area contributed by atoms with Crippen LogP contribution >= 0.6 is 0 Å². The maximum Gasteiger partial charge on any atom is 0.253 e. The monoisotopic (exact) mass is 285 g/mol. The summed E-state index contributed by atoms with van der Waals surface area (Å²) in [5.74, 6) is 0.0334. The molecule has 3 heterocycles. The summed E-state index contributed by atoms with van der Waals surface area (Å²) >= 11 is 0. The Morgan fingerprint density at radius 1 is 1.14 bits per heavy atom. The third-order valence-electron chi connectivity index (χ3n) is 5.26. The molecule has 4 nitrogen and oxygen atoms in total. The van der Waals surface area contributed by atoms with E-state index < -0.39 is 0 Å². The molecule has 3 aliphatic rings. The van der Waals surface area contributed by atoms with E-state index in [-0.39, 0.29) is 5.91 Å². The number of nitrogens with one attached hydrogen (secondary N) is 1. The molecule has 0 radical (unpaired) electrons. The Labute approximate surface area is 125 Å². The molecule has 21 heavy (non-hydrogen) atoms. The van der Waals surface area contributed by atoms with Gasteiger partial charge in [-0.25, -0.2) is 0 Å². The molecule has 2 aliphatic heterocycles. The van der Waals surface area contributed by atoms with Crippen LogP contribution in [0.25, 0.3) is 0 Å². The summed E-state index contributed by atoms with van der Waals surface area (Å²) < 4.78 is 0. The third-order valence-corrected chi connectivity index (χ3v) is 5.26. The van der Waals surface area contributed by atoms with Gasteiger partial charge in [-0.3, -0.25) is 14.7 Å². The third kappa shape index (κ3) is 2.69. The number of carbonyl (C=O) groups excluding carboxylic acids is 1. The van der Waals surface area contributed by atoms with Crippen molar-refractivity contribution in [3.63, 3.8) is 0 Å². The second kappa shape index (κ2) is 5.41. The highest BCUT2D eigenvalue weighted by atomic mass is 16.1. The van der Waals surface area contributed by atoms with Crippen LogP contribution in [0, 0.1) is 0 Å². The largest absolute Gasteiger partial charge is 0.349 e. The van der Waals surface area contributed by atoms with Crippen LogP contribution in [0.4, 0.5) is 0 Å². The molecule has 0 spiro atoms. The molecule has 1 aliphatic carbocycles. The van der Waals surface area contributed by atoms with Crippen LogP contribution < -0.4 is 5.32 Å². The Morgan fingerprint density at radius 2 is 1.90 bits per heavy atom. The molecule has 2 saturated heterocycles. The quantitative estimate of drug-likeness (QED) is 0.927. The van der Waals surface area contributed by atoms with Crippen molar-refractivity contribution in [3.8, 4) is 0 Å². The molecular weight excluding hydrogens is 262 g/mol. The minimum Gasteiger partial charge on any atom is -0.349 e. The fourth-order valence-electron chi connectivity index (χ4n) is 4.27. The van der Waals surface area contributed by atoms with Crippen molar-refractivity contribution >= 4 is 5.91 Å². The van der Waals surface area contributed by atoms with E-state index in [1.807, 2.05) is 12.1 Å². The van der Waals surface area contributed by atoms with Crippen molar-refractivity contribution in [2.75, 3.05) is 0 Å².